The molecular weight excluding hydrogens is 835 g/mol. The van der Waals surface area contributed by atoms with E-state index in [-0.39, 0.29) is 16.7 Å². The van der Waals surface area contributed by atoms with E-state index in [1.807, 2.05) is 24.3 Å². The predicted molar refractivity (Wildman–Crippen MR) is 289 cm³/mol. The SMILES string of the molecule is [2H]C([2H])([2H])c1ccc(-c2ccc(CCc3cc(CCc4ccc(-c5cc(C([2H])([2H])[2H])ccn5)cc4)cc(-c4ccccc4-c4ccc(-c5ccc(C([2H])([2H])[2H])cn5)cc4-c4ccc5c(ccc6ccccc65)c4)c3)cc2)nc1. The highest BCUT2D eigenvalue weighted by Gasteiger charge is 2.17. The number of fused-ring (bicyclic) bond motifs is 3. The van der Waals surface area contributed by atoms with Crippen LogP contribution in [0.3, 0.4) is 0 Å². The third-order valence-corrected chi connectivity index (χ3v) is 13.1. The fourth-order valence-electron chi connectivity index (χ4n) is 9.51. The molecule has 0 fully saturated rings. The molecule has 0 amide bonds. The Kier molecular flexibility index (Phi) is 9.46. The molecule has 0 spiro atoms. The van der Waals surface area contributed by atoms with E-state index in [1.165, 1.54) is 51.3 Å². The van der Waals surface area contributed by atoms with E-state index in [9.17, 15) is 0 Å². The topological polar surface area (TPSA) is 38.7 Å². The smallest absolute Gasteiger partial charge is 0.0704 e. The Labute approximate surface area is 418 Å². The number of hydrogen-bond acceptors (Lipinski definition) is 3. The van der Waals surface area contributed by atoms with Gasteiger partial charge in [0.1, 0.15) is 0 Å². The lowest BCUT2D eigenvalue weighted by Gasteiger charge is -2.18. The Morgan fingerprint density at radius 3 is 1.57 bits per heavy atom. The largest absolute Gasteiger partial charge is 0.256 e. The highest BCUT2D eigenvalue weighted by atomic mass is 14.7. The van der Waals surface area contributed by atoms with Crippen LogP contribution >= 0.6 is 0 Å². The molecular formula is C66H53N3. The molecule has 3 aromatic heterocycles. The summed E-state index contributed by atoms with van der Waals surface area (Å²) in [5.41, 5.74) is 16.4. The van der Waals surface area contributed by atoms with Crippen LogP contribution in [-0.4, -0.2) is 15.0 Å². The van der Waals surface area contributed by atoms with E-state index >= 15 is 0 Å². The third-order valence-electron chi connectivity index (χ3n) is 13.1. The number of benzene rings is 8. The van der Waals surface area contributed by atoms with Crippen molar-refractivity contribution in [3.8, 4) is 67.2 Å². The first-order chi connectivity index (χ1) is 37.5. The molecule has 0 radical (unpaired) electrons. The lowest BCUT2D eigenvalue weighted by atomic mass is 9.86. The lowest BCUT2D eigenvalue weighted by molar-refractivity contribution is 0.931. The second kappa shape index (κ2) is 19.1. The average molecular weight is 897 g/mol. The molecule has 0 bridgehead atoms. The standard InChI is InChI=1S/C66H53N3/c1-44-34-35-67-66(36-44)53-24-20-48(21-25-53)15-17-50-37-49(16-14-47-18-22-52(23-19-47)64-32-12-45(2)42-68-64)38-57(39-50)59-10-6-7-11-61(59)62-31-29-56(65-33-13-46(3)43-69-65)41-63(62)55-28-30-60-54(40-55)27-26-51-8-4-5-9-58(51)60/h4-13,18-43H,14-17H2,1-3H3/i1D3,2D3,3D3. The van der Waals surface area contributed by atoms with Crippen LogP contribution in [-0.2, 0) is 25.7 Å². The molecule has 11 rings (SSSR count). The van der Waals surface area contributed by atoms with E-state index < -0.39 is 20.6 Å². The molecule has 11 aromatic rings. The number of aryl methyl sites for hydroxylation is 7. The Hall–Kier alpha value is -8.27. The van der Waals surface area contributed by atoms with Gasteiger partial charge < -0.3 is 0 Å². The number of hydrogen-bond donors (Lipinski definition) is 0. The normalized spacial score (nSPS) is 13.8. The first kappa shape index (κ1) is 34.1. The molecule has 3 nitrogen and oxygen atoms in total. The van der Waals surface area contributed by atoms with Gasteiger partial charge in [-0.2, -0.15) is 0 Å². The molecule has 0 atom stereocenters. The van der Waals surface area contributed by atoms with Crippen molar-refractivity contribution in [1.82, 2.24) is 15.0 Å². The van der Waals surface area contributed by atoms with Gasteiger partial charge in [-0.05, 0) is 177 Å². The Morgan fingerprint density at radius 1 is 0.319 bits per heavy atom. The van der Waals surface area contributed by atoms with Crippen molar-refractivity contribution in [3.05, 3.63) is 258 Å². The van der Waals surface area contributed by atoms with Crippen LogP contribution < -0.4 is 0 Å². The van der Waals surface area contributed by atoms with Gasteiger partial charge in [-0.1, -0.05) is 164 Å². The highest BCUT2D eigenvalue weighted by molar-refractivity contribution is 6.09. The minimum Gasteiger partial charge on any atom is -0.256 e. The van der Waals surface area contributed by atoms with Crippen molar-refractivity contribution in [3.63, 3.8) is 0 Å². The van der Waals surface area contributed by atoms with Crippen LogP contribution in [0.1, 0.15) is 51.3 Å². The van der Waals surface area contributed by atoms with Gasteiger partial charge in [0.05, 0.1) is 17.1 Å². The maximum absolute atomic E-state index is 7.95. The van der Waals surface area contributed by atoms with Crippen molar-refractivity contribution in [2.75, 3.05) is 0 Å². The van der Waals surface area contributed by atoms with Gasteiger partial charge in [0, 0.05) is 47.6 Å². The van der Waals surface area contributed by atoms with E-state index in [0.29, 0.717) is 17.1 Å². The lowest BCUT2D eigenvalue weighted by Crippen LogP contribution is -1.98. The summed E-state index contributed by atoms with van der Waals surface area (Å²) < 4.78 is 70.7. The minimum atomic E-state index is -2.26. The maximum Gasteiger partial charge on any atom is 0.0704 e. The van der Waals surface area contributed by atoms with Crippen LogP contribution in [0.15, 0.2) is 219 Å². The van der Waals surface area contributed by atoms with Gasteiger partial charge in [-0.15, -0.1) is 0 Å². The molecule has 0 N–H and O–H groups in total. The van der Waals surface area contributed by atoms with Crippen molar-refractivity contribution in [2.24, 2.45) is 0 Å². The second-order valence-corrected chi connectivity index (χ2v) is 17.8. The monoisotopic (exact) mass is 896 g/mol. The van der Waals surface area contributed by atoms with Crippen LogP contribution in [0.2, 0.25) is 0 Å². The molecule has 0 unspecified atom stereocenters. The number of pyridine rings is 3. The number of rotatable bonds is 12. The van der Waals surface area contributed by atoms with Gasteiger partial charge in [0.25, 0.3) is 0 Å². The van der Waals surface area contributed by atoms with Crippen LogP contribution in [0, 0.1) is 20.6 Å². The first-order valence-corrected chi connectivity index (χ1v) is 23.4. The summed E-state index contributed by atoms with van der Waals surface area (Å²) >= 11 is 0. The van der Waals surface area contributed by atoms with Crippen molar-refractivity contribution < 1.29 is 12.3 Å². The van der Waals surface area contributed by atoms with Gasteiger partial charge >= 0.3 is 0 Å². The van der Waals surface area contributed by atoms with E-state index in [4.69, 9.17) is 12.3 Å². The fourth-order valence-corrected chi connectivity index (χ4v) is 9.51. The maximum atomic E-state index is 7.95. The molecule has 0 saturated carbocycles. The fraction of sp³-hybridized carbons (Fsp3) is 0.106. The van der Waals surface area contributed by atoms with E-state index in [2.05, 4.69) is 154 Å². The Morgan fingerprint density at radius 2 is 0.884 bits per heavy atom. The van der Waals surface area contributed by atoms with Crippen molar-refractivity contribution >= 4 is 21.5 Å². The number of nitrogens with zero attached hydrogens (tertiary/aromatic N) is 3. The summed E-state index contributed by atoms with van der Waals surface area (Å²) in [6.45, 7) is -6.69. The van der Waals surface area contributed by atoms with Crippen molar-refractivity contribution in [2.45, 2.75) is 46.2 Å². The molecule has 0 aliphatic heterocycles. The summed E-state index contributed by atoms with van der Waals surface area (Å²) in [6.07, 6.45) is 7.55. The summed E-state index contributed by atoms with van der Waals surface area (Å²) in [6, 6.07) is 67.9. The second-order valence-electron chi connectivity index (χ2n) is 17.8. The summed E-state index contributed by atoms with van der Waals surface area (Å²) in [7, 11) is 0. The summed E-state index contributed by atoms with van der Waals surface area (Å²) in [5.74, 6) is 0. The molecule has 332 valence electrons. The zero-order chi connectivity index (χ0) is 54.2. The summed E-state index contributed by atoms with van der Waals surface area (Å²) in [5, 5.41) is 4.67. The van der Waals surface area contributed by atoms with Crippen LogP contribution in [0.25, 0.3) is 88.7 Å². The molecule has 0 aliphatic rings. The average Bonchev–Trinajstić information content (AvgIpc) is 3.45. The molecule has 69 heavy (non-hydrogen) atoms. The van der Waals surface area contributed by atoms with Crippen LogP contribution in [0.5, 0.6) is 0 Å². The quantitative estimate of drug-likeness (QED) is 0.115. The Bertz CT molecular complexity index is 3960. The van der Waals surface area contributed by atoms with E-state index in [0.717, 1.165) is 86.7 Å². The van der Waals surface area contributed by atoms with Gasteiger partial charge in [0.2, 0.25) is 0 Å². The predicted octanol–water partition coefficient (Wildman–Crippen LogP) is 16.7. The van der Waals surface area contributed by atoms with E-state index in [1.54, 1.807) is 36.5 Å². The van der Waals surface area contributed by atoms with Gasteiger partial charge in [0.15, 0.2) is 0 Å². The molecule has 3 heterocycles. The molecule has 3 heteroatoms. The molecule has 0 saturated heterocycles. The first-order valence-electron chi connectivity index (χ1n) is 27.9. The Balaban J connectivity index is 0.962. The molecule has 8 aromatic carbocycles. The zero-order valence-corrected chi connectivity index (χ0v) is 38.0. The van der Waals surface area contributed by atoms with Crippen LogP contribution in [0.4, 0.5) is 0 Å². The summed E-state index contributed by atoms with van der Waals surface area (Å²) in [4.78, 5) is 13.6. The number of aromatic nitrogens is 3. The third kappa shape index (κ3) is 9.50. The zero-order valence-electron chi connectivity index (χ0n) is 47.0. The van der Waals surface area contributed by atoms with Gasteiger partial charge in [-0.25, -0.2) is 0 Å². The van der Waals surface area contributed by atoms with Gasteiger partial charge in [-0.3, -0.25) is 15.0 Å². The van der Waals surface area contributed by atoms with Crippen molar-refractivity contribution in [1.29, 1.82) is 0 Å². The molecule has 0 aliphatic carbocycles. The highest BCUT2D eigenvalue weighted by Crippen LogP contribution is 2.42. The minimum absolute atomic E-state index is 0.194.